The molecule has 34 heavy (non-hydrogen) atoms. The first-order valence-corrected chi connectivity index (χ1v) is 10.8. The van der Waals surface area contributed by atoms with Crippen molar-refractivity contribution in [3.8, 4) is 0 Å². The van der Waals surface area contributed by atoms with Crippen LogP contribution in [-0.4, -0.2) is 34.4 Å². The van der Waals surface area contributed by atoms with Gasteiger partial charge in [0.1, 0.15) is 5.82 Å². The molecule has 174 valence electrons. The number of hydrogen-bond acceptors (Lipinski definition) is 7. The van der Waals surface area contributed by atoms with Crippen LogP contribution in [0.3, 0.4) is 0 Å². The molecule has 0 saturated heterocycles. The van der Waals surface area contributed by atoms with Crippen molar-refractivity contribution in [2.75, 3.05) is 22.6 Å². The van der Waals surface area contributed by atoms with Crippen molar-refractivity contribution >= 4 is 52.5 Å². The summed E-state index contributed by atoms with van der Waals surface area (Å²) in [6.45, 7) is 1.96. The molecular weight excluding hydrogens is 462 g/mol. The van der Waals surface area contributed by atoms with Crippen molar-refractivity contribution in [1.82, 2.24) is 9.97 Å². The zero-order valence-electron chi connectivity index (χ0n) is 18.0. The number of aromatic amines is 1. The fourth-order valence-corrected chi connectivity index (χ4v) is 3.68. The van der Waals surface area contributed by atoms with Gasteiger partial charge in [0.05, 0.1) is 23.7 Å². The lowest BCUT2D eigenvalue weighted by molar-refractivity contribution is -0.123. The summed E-state index contributed by atoms with van der Waals surface area (Å²) in [6.07, 6.45) is -0.217. The summed E-state index contributed by atoms with van der Waals surface area (Å²) in [5, 5.41) is 8.64. The Kier molecular flexibility index (Phi) is 6.60. The summed E-state index contributed by atoms with van der Waals surface area (Å²) in [5.41, 5.74) is 0.805. The van der Waals surface area contributed by atoms with E-state index in [4.69, 9.17) is 16.3 Å². The predicted octanol–water partition coefficient (Wildman–Crippen LogP) is 3.41. The van der Waals surface area contributed by atoms with Gasteiger partial charge in [-0.2, -0.15) is 4.98 Å². The molecule has 10 nitrogen and oxygen atoms in total. The summed E-state index contributed by atoms with van der Waals surface area (Å²) in [7, 11) is 0. The highest BCUT2D eigenvalue weighted by Crippen LogP contribution is 2.30. The van der Waals surface area contributed by atoms with Gasteiger partial charge < -0.3 is 20.7 Å². The van der Waals surface area contributed by atoms with Gasteiger partial charge in [0, 0.05) is 22.8 Å². The van der Waals surface area contributed by atoms with Crippen LogP contribution in [0.5, 0.6) is 0 Å². The maximum atomic E-state index is 13.0. The Labute approximate surface area is 198 Å². The highest BCUT2D eigenvalue weighted by atomic mass is 35.5. The first kappa shape index (κ1) is 23.0. The number of aromatic nitrogens is 2. The van der Waals surface area contributed by atoms with Crippen LogP contribution in [0.2, 0.25) is 5.02 Å². The number of nitrogens with zero attached hydrogens (tertiary/aromatic N) is 1. The van der Waals surface area contributed by atoms with Crippen LogP contribution >= 0.6 is 11.6 Å². The van der Waals surface area contributed by atoms with Crippen LogP contribution in [0.1, 0.15) is 35.2 Å². The van der Waals surface area contributed by atoms with Crippen LogP contribution in [0.25, 0.3) is 0 Å². The maximum Gasteiger partial charge on any atom is 0.338 e. The third-order valence-electron chi connectivity index (χ3n) is 5.02. The third-order valence-corrected chi connectivity index (χ3v) is 5.25. The molecule has 1 atom stereocenters. The predicted molar refractivity (Wildman–Crippen MR) is 127 cm³/mol. The number of benzene rings is 2. The highest BCUT2D eigenvalue weighted by molar-refractivity contribution is 6.30. The van der Waals surface area contributed by atoms with E-state index in [9.17, 15) is 19.2 Å². The quantitative estimate of drug-likeness (QED) is 0.395. The zero-order chi connectivity index (χ0) is 24.2. The van der Waals surface area contributed by atoms with Crippen molar-refractivity contribution < 1.29 is 19.1 Å². The van der Waals surface area contributed by atoms with Gasteiger partial charge >= 0.3 is 5.97 Å². The molecule has 0 spiro atoms. The lowest BCUT2D eigenvalue weighted by Gasteiger charge is -2.23. The molecular formula is C23H20ClN5O5. The van der Waals surface area contributed by atoms with Crippen molar-refractivity contribution in [3.63, 3.8) is 0 Å². The van der Waals surface area contributed by atoms with E-state index in [-0.39, 0.29) is 30.4 Å². The Bertz CT molecular complexity index is 1320. The molecule has 2 heterocycles. The lowest BCUT2D eigenvalue weighted by atomic mass is 9.92. The van der Waals surface area contributed by atoms with Crippen LogP contribution in [0.15, 0.2) is 53.3 Å². The largest absolute Gasteiger partial charge is 0.462 e. The van der Waals surface area contributed by atoms with E-state index in [0.717, 1.165) is 0 Å². The van der Waals surface area contributed by atoms with E-state index in [1.165, 1.54) is 24.3 Å². The van der Waals surface area contributed by atoms with Crippen molar-refractivity contribution in [2.45, 2.75) is 19.3 Å². The van der Waals surface area contributed by atoms with E-state index in [2.05, 4.69) is 25.9 Å². The second-order valence-electron chi connectivity index (χ2n) is 7.40. The Morgan fingerprint density at radius 1 is 1.15 bits per heavy atom. The fraction of sp³-hybridized carbons (Fsp3) is 0.174. The molecule has 1 aliphatic rings. The van der Waals surface area contributed by atoms with Crippen LogP contribution in [0, 0.1) is 0 Å². The molecule has 0 saturated carbocycles. The first-order chi connectivity index (χ1) is 16.3. The van der Waals surface area contributed by atoms with Crippen molar-refractivity contribution in [1.29, 1.82) is 0 Å². The molecule has 1 aliphatic heterocycles. The molecule has 0 bridgehead atoms. The number of fused-ring (bicyclic) bond motifs is 1. The topological polar surface area (TPSA) is 142 Å². The van der Waals surface area contributed by atoms with Gasteiger partial charge in [-0.1, -0.05) is 17.7 Å². The second-order valence-corrected chi connectivity index (χ2v) is 7.84. The number of nitrogens with one attached hydrogen (secondary N) is 4. The molecule has 11 heteroatoms. The van der Waals surface area contributed by atoms with Gasteiger partial charge in [0.25, 0.3) is 5.56 Å². The molecule has 2 aromatic carbocycles. The molecule has 4 rings (SSSR count). The molecule has 0 aliphatic carbocycles. The van der Waals surface area contributed by atoms with Crippen LogP contribution in [-0.2, 0) is 14.3 Å². The minimum Gasteiger partial charge on any atom is -0.462 e. The minimum atomic E-state index is -1.05. The number of halogens is 1. The molecule has 0 fully saturated rings. The Morgan fingerprint density at radius 2 is 1.91 bits per heavy atom. The van der Waals surface area contributed by atoms with Gasteiger partial charge in [-0.25, -0.2) is 4.79 Å². The van der Waals surface area contributed by atoms with Gasteiger partial charge in [-0.3, -0.25) is 19.4 Å². The van der Waals surface area contributed by atoms with Gasteiger partial charge in [0.2, 0.25) is 17.8 Å². The van der Waals surface area contributed by atoms with Gasteiger partial charge in [-0.05, 0) is 49.4 Å². The number of carbonyl (C=O) groups is 3. The average molecular weight is 482 g/mol. The molecule has 1 aromatic heterocycles. The van der Waals surface area contributed by atoms with Crippen LogP contribution in [0.4, 0.5) is 23.1 Å². The summed E-state index contributed by atoms with van der Waals surface area (Å²) in [6, 6.07) is 12.9. The van der Waals surface area contributed by atoms with E-state index < -0.39 is 29.3 Å². The van der Waals surface area contributed by atoms with Gasteiger partial charge in [0.15, 0.2) is 0 Å². The average Bonchev–Trinajstić information content (AvgIpc) is 2.79. The number of hydrogen-bond donors (Lipinski definition) is 4. The van der Waals surface area contributed by atoms with E-state index in [0.29, 0.717) is 22.0 Å². The number of amides is 2. The number of rotatable bonds is 6. The van der Waals surface area contributed by atoms with Crippen LogP contribution < -0.4 is 21.5 Å². The summed E-state index contributed by atoms with van der Waals surface area (Å²) in [4.78, 5) is 56.7. The van der Waals surface area contributed by atoms with E-state index in [1.54, 1.807) is 31.2 Å². The number of ether oxygens (including phenoxy) is 1. The second kappa shape index (κ2) is 9.75. The number of carbonyl (C=O) groups excluding carboxylic acids is 3. The molecule has 0 radical (unpaired) electrons. The highest BCUT2D eigenvalue weighted by Gasteiger charge is 2.34. The Morgan fingerprint density at radius 3 is 2.62 bits per heavy atom. The number of esters is 1. The summed E-state index contributed by atoms with van der Waals surface area (Å²) < 4.78 is 4.93. The van der Waals surface area contributed by atoms with Crippen molar-refractivity contribution in [3.05, 3.63) is 75.0 Å². The third kappa shape index (κ3) is 5.07. The minimum absolute atomic E-state index is 0.00216. The van der Waals surface area contributed by atoms with Crippen molar-refractivity contribution in [2.24, 2.45) is 0 Å². The Hall–Kier alpha value is -4.18. The molecule has 4 N–H and O–H groups in total. The summed E-state index contributed by atoms with van der Waals surface area (Å²) >= 11 is 5.98. The smallest absolute Gasteiger partial charge is 0.338 e. The molecule has 3 aromatic rings. The maximum absolute atomic E-state index is 13.0. The molecule has 2 amide bonds. The number of H-pyrrole nitrogens is 1. The standard InChI is InChI=1S/C23H20ClN5O5/c1-2-34-22(33)12-6-8-14(9-7-12)25-20(31)16-11-17(30)27-19-18(16)21(32)29-23(28-19)26-15-5-3-4-13(24)10-15/h3-10,16H,2,11H2,1H3,(H,25,31)(H3,26,27,28,29,30,32)/t16-/m1/s1. The van der Waals surface area contributed by atoms with E-state index in [1.807, 2.05) is 0 Å². The normalized spacial score (nSPS) is 14.5. The molecule has 0 unspecified atom stereocenters. The number of anilines is 4. The lowest BCUT2D eigenvalue weighted by Crippen LogP contribution is -2.36. The van der Waals surface area contributed by atoms with Gasteiger partial charge in [-0.15, -0.1) is 0 Å². The fourth-order valence-electron chi connectivity index (χ4n) is 3.49. The Balaban J connectivity index is 1.56. The first-order valence-electron chi connectivity index (χ1n) is 10.4. The monoisotopic (exact) mass is 481 g/mol. The zero-order valence-corrected chi connectivity index (χ0v) is 18.7. The summed E-state index contributed by atoms with van der Waals surface area (Å²) in [5.74, 6) is -2.44. The SMILES string of the molecule is CCOC(=O)c1ccc(NC(=O)[C@@H]2CC(=O)Nc3nc(Nc4cccc(Cl)c4)[nH]c(=O)c32)cc1. The van der Waals surface area contributed by atoms with E-state index >= 15 is 0 Å².